The molecule has 0 aliphatic carbocycles. The van der Waals surface area contributed by atoms with Gasteiger partial charge in [-0.15, -0.1) is 0 Å². The van der Waals surface area contributed by atoms with Gasteiger partial charge in [-0.05, 0) is 0 Å². The summed E-state index contributed by atoms with van der Waals surface area (Å²) in [5, 5.41) is 0. The van der Waals surface area contributed by atoms with Crippen molar-refractivity contribution in [3.05, 3.63) is 0 Å². The molecule has 0 N–H and O–H groups in total. The van der Waals surface area contributed by atoms with Crippen LogP contribution in [0.2, 0.25) is 0 Å². The van der Waals surface area contributed by atoms with Crippen LogP contribution >= 0.6 is 0 Å². The Labute approximate surface area is 33.9 Å². The van der Waals surface area contributed by atoms with Crippen molar-refractivity contribution in [1.82, 2.24) is 0 Å². The molecule has 0 aromatic heterocycles. The zero-order valence-corrected chi connectivity index (χ0v) is 2.44. The van der Waals surface area contributed by atoms with E-state index in [-0.39, 0.29) is 7.43 Å². The first-order chi connectivity index (χ1) is 1.73. The fraction of sp³-hybridized carbons (Fsp3) is 1.00. The Bertz CT molecular complexity index is 11.6. The van der Waals surface area contributed by atoms with Crippen LogP contribution in [0.5, 0.6) is 0 Å². The third kappa shape index (κ3) is 278. The van der Waals surface area contributed by atoms with Crippen LogP contribution in [0.15, 0.2) is 0 Å². The van der Waals surface area contributed by atoms with E-state index >= 15 is 0 Å². The minimum atomic E-state index is -3.96. The van der Waals surface area contributed by atoms with E-state index in [1.807, 2.05) is 0 Å². The Kier molecular flexibility index (Phi) is 7.70. The average Bonchev–Trinajstić information content (AvgIpc) is 0.811. The molecule has 0 aromatic rings. The van der Waals surface area contributed by atoms with E-state index in [1.54, 1.807) is 0 Å². The van der Waals surface area contributed by atoms with E-state index in [0.717, 1.165) is 0 Å². The summed E-state index contributed by atoms with van der Waals surface area (Å²) in [4.78, 5) is 0. The van der Waals surface area contributed by atoms with E-state index in [4.69, 9.17) is 0 Å². The molecule has 4 heteroatoms. The molecule has 0 saturated heterocycles. The predicted octanol–water partition coefficient (Wildman–Crippen LogP) is 1.89. The van der Waals surface area contributed by atoms with Gasteiger partial charge in [0.05, 0.1) is 0 Å². The third-order valence-corrected chi connectivity index (χ3v) is 0. The Morgan fingerprint density at radius 2 is 1.00 bits per heavy atom. The number of hydrogen-bond acceptors (Lipinski definition) is 0. The molecule has 5 heavy (non-hydrogen) atoms. The van der Waals surface area contributed by atoms with Crippen molar-refractivity contribution >= 4 is 0 Å². The molecule has 0 spiro atoms. The van der Waals surface area contributed by atoms with Crippen LogP contribution < -0.4 is 0 Å². The monoisotopic (exact) mass is 131 g/mol. The van der Waals surface area contributed by atoms with Crippen molar-refractivity contribution in [2.75, 3.05) is 0 Å². The van der Waals surface area contributed by atoms with Gasteiger partial charge in [0, 0.05) is 0 Å². The molecule has 39 valence electrons. The van der Waals surface area contributed by atoms with Gasteiger partial charge in [-0.2, -0.15) is 0 Å². The Hall–Kier alpha value is 0.284. The van der Waals surface area contributed by atoms with Gasteiger partial charge in [-0.25, -0.2) is 0 Å². The summed E-state index contributed by atoms with van der Waals surface area (Å²) < 4.78 is 29.1. The molecule has 0 rings (SSSR count). The van der Waals surface area contributed by atoms with Gasteiger partial charge < -0.3 is 0 Å². The summed E-state index contributed by atoms with van der Waals surface area (Å²) in [6.07, 6.45) is 0. The predicted molar refractivity (Wildman–Crippen MR) is 10.1 cm³/mol. The second-order valence-electron chi connectivity index (χ2n) is 0.136. The molecule has 0 saturated carbocycles. The van der Waals surface area contributed by atoms with Crippen molar-refractivity contribution in [3.8, 4) is 0 Å². The molecule has 0 nitrogen and oxygen atoms in total. The van der Waals surface area contributed by atoms with Gasteiger partial charge in [0.2, 0.25) is 0 Å². The molecule has 0 amide bonds. The van der Waals surface area contributed by atoms with Crippen LogP contribution in [0.3, 0.4) is 0 Å². The zero-order valence-electron chi connectivity index (χ0n) is 1.45. The van der Waals surface area contributed by atoms with Gasteiger partial charge >= 0.3 is 25.6 Å². The second kappa shape index (κ2) is 4.28. The first-order valence-corrected chi connectivity index (χ1v) is 1.48. The molecule has 0 bridgehead atoms. The molecule has 0 aliphatic rings. The van der Waals surface area contributed by atoms with Crippen molar-refractivity contribution in [1.29, 1.82) is 0 Å². The molecule has 0 radical (unpaired) electrons. The normalized spacial score (nSPS) is 9.00. The average molecular weight is 132 g/mol. The van der Waals surface area contributed by atoms with E-state index < -0.39 is 14.7 Å². The van der Waals surface area contributed by atoms with Gasteiger partial charge in [0.1, 0.15) is 0 Å². The minimum absolute atomic E-state index is 0. The summed E-state index contributed by atoms with van der Waals surface area (Å²) in [6, 6.07) is 0. The molecular formula is CH4F3Ni. The molecule has 0 heterocycles. The molecule has 0 aliphatic heterocycles. The van der Waals surface area contributed by atoms with Crippen LogP contribution in [-0.4, -0.2) is 0 Å². The fourth-order valence-corrected chi connectivity index (χ4v) is 0. The van der Waals surface area contributed by atoms with E-state index in [1.165, 1.54) is 0 Å². The summed E-state index contributed by atoms with van der Waals surface area (Å²) in [5.74, 6) is 0. The zero-order chi connectivity index (χ0) is 3.58. The maximum atomic E-state index is 9.71. The Morgan fingerprint density at radius 3 is 1.00 bits per heavy atom. The number of halogens is 3. The first-order valence-electron chi connectivity index (χ1n) is 0.359. The van der Waals surface area contributed by atoms with Crippen LogP contribution in [0.4, 0.5) is 10.8 Å². The van der Waals surface area contributed by atoms with E-state index in [9.17, 15) is 10.8 Å². The number of rotatable bonds is 0. The van der Waals surface area contributed by atoms with Gasteiger partial charge in [-0.1, -0.05) is 7.43 Å². The standard InChI is InChI=1S/CH4.3FH.Ni/h1H4;3*1H;/q;;;;+3/p-3. The number of hydrogen-bond donors (Lipinski definition) is 0. The second-order valence-corrected chi connectivity index (χ2v) is 0.559. The molecule has 0 aromatic carbocycles. The Balaban J connectivity index is 0. The van der Waals surface area contributed by atoms with Crippen LogP contribution in [0.25, 0.3) is 0 Å². The topological polar surface area (TPSA) is 0 Å². The van der Waals surface area contributed by atoms with Gasteiger partial charge in [-0.3, -0.25) is 0 Å². The SMILES string of the molecule is C.[F][Ni]([F])[F]. The summed E-state index contributed by atoms with van der Waals surface area (Å²) >= 11 is -3.96. The molecule has 0 fully saturated rings. The van der Waals surface area contributed by atoms with Crippen molar-refractivity contribution in [3.63, 3.8) is 0 Å². The molecule has 0 atom stereocenters. The summed E-state index contributed by atoms with van der Waals surface area (Å²) in [6.45, 7) is 0. The van der Waals surface area contributed by atoms with Crippen LogP contribution in [0.1, 0.15) is 7.43 Å². The van der Waals surface area contributed by atoms with Crippen molar-refractivity contribution in [2.45, 2.75) is 7.43 Å². The van der Waals surface area contributed by atoms with Gasteiger partial charge in [0.15, 0.2) is 0 Å². The third-order valence-electron chi connectivity index (χ3n) is 0. The summed E-state index contributed by atoms with van der Waals surface area (Å²) in [7, 11) is 0. The van der Waals surface area contributed by atoms with Crippen molar-refractivity contribution in [2.24, 2.45) is 0 Å². The Morgan fingerprint density at radius 1 is 1.00 bits per heavy atom. The summed E-state index contributed by atoms with van der Waals surface area (Å²) in [5.41, 5.74) is 0. The maximum absolute atomic E-state index is 9.71. The van der Waals surface area contributed by atoms with Crippen LogP contribution in [-0.2, 0) is 14.7 Å². The first kappa shape index (κ1) is 8.99. The van der Waals surface area contributed by atoms with E-state index in [2.05, 4.69) is 0 Å². The molecule has 0 unspecified atom stereocenters. The van der Waals surface area contributed by atoms with Gasteiger partial charge in [0.25, 0.3) is 0 Å². The van der Waals surface area contributed by atoms with Crippen molar-refractivity contribution < 1.29 is 25.6 Å². The van der Waals surface area contributed by atoms with Crippen LogP contribution in [0, 0.1) is 0 Å². The van der Waals surface area contributed by atoms with E-state index in [0.29, 0.717) is 0 Å². The fourth-order valence-electron chi connectivity index (χ4n) is 0. The molecular weight excluding hydrogens is 128 g/mol. The quantitative estimate of drug-likeness (QED) is 0.441.